The molecule has 1 aliphatic carbocycles. The van der Waals surface area contributed by atoms with E-state index in [1.165, 1.54) is 32.9 Å². The molecule has 5 rings (SSSR count). The minimum absolute atomic E-state index is 0.0422. The quantitative estimate of drug-likeness (QED) is 0.332. The fourth-order valence-corrected chi connectivity index (χ4v) is 9.06. The van der Waals surface area contributed by atoms with E-state index in [4.69, 9.17) is 9.47 Å². The molecule has 2 atom stereocenters. The highest BCUT2D eigenvalue weighted by Gasteiger charge is 2.38. The lowest BCUT2D eigenvalue weighted by molar-refractivity contribution is -0.150. The molecule has 2 aromatic rings. The summed E-state index contributed by atoms with van der Waals surface area (Å²) in [5.74, 6) is -3.35. The molecule has 0 radical (unpaired) electrons. The van der Waals surface area contributed by atoms with Gasteiger partial charge in [-0.25, -0.2) is 16.8 Å². The predicted molar refractivity (Wildman–Crippen MR) is 156 cm³/mol. The van der Waals surface area contributed by atoms with Crippen molar-refractivity contribution in [3.05, 3.63) is 58.7 Å². The van der Waals surface area contributed by atoms with Crippen LogP contribution in [0.2, 0.25) is 0 Å². The number of carbonyl (C=O) groups excluding carboxylic acids is 4. The zero-order chi connectivity index (χ0) is 31.8. The van der Waals surface area contributed by atoms with Crippen molar-refractivity contribution in [3.8, 4) is 0 Å². The van der Waals surface area contributed by atoms with Crippen LogP contribution in [0.5, 0.6) is 0 Å². The number of sulfonamides is 2. The Hall–Kier alpha value is -3.46. The molecular weight excluding hydrogens is 612 g/mol. The Morgan fingerprint density at radius 3 is 1.43 bits per heavy atom. The average molecular weight is 647 g/mol. The second-order valence-corrected chi connectivity index (χ2v) is 14.9. The summed E-state index contributed by atoms with van der Waals surface area (Å²) in [5, 5.41) is 0. The molecule has 2 fully saturated rings. The molecule has 2 heterocycles. The van der Waals surface area contributed by atoms with E-state index in [0.29, 0.717) is 25.7 Å². The number of fused-ring (bicyclic) bond motifs is 2. The van der Waals surface area contributed by atoms with Gasteiger partial charge in [0.2, 0.25) is 20.0 Å². The number of esters is 2. The van der Waals surface area contributed by atoms with E-state index in [1.54, 1.807) is 13.8 Å². The number of nitrogens with zero attached hydrogens (tertiary/aromatic N) is 2. The van der Waals surface area contributed by atoms with Gasteiger partial charge in [0.1, 0.15) is 0 Å². The van der Waals surface area contributed by atoms with Gasteiger partial charge in [-0.15, -0.1) is 0 Å². The molecule has 0 N–H and O–H groups in total. The monoisotopic (exact) mass is 646 g/mol. The van der Waals surface area contributed by atoms with E-state index in [-0.39, 0.29) is 71.4 Å². The first-order valence-corrected chi connectivity index (χ1v) is 17.5. The van der Waals surface area contributed by atoms with Gasteiger partial charge in [-0.2, -0.15) is 8.61 Å². The first-order valence-electron chi connectivity index (χ1n) is 14.6. The van der Waals surface area contributed by atoms with Gasteiger partial charge < -0.3 is 9.47 Å². The number of benzene rings is 2. The number of carbonyl (C=O) groups is 4. The van der Waals surface area contributed by atoms with E-state index in [1.807, 2.05) is 0 Å². The van der Waals surface area contributed by atoms with Crippen LogP contribution in [0.4, 0.5) is 0 Å². The number of ketones is 2. The SMILES string of the molecule is CCOC(=O)C1CCCN(S(=O)(=O)c2ccc3c(c2)C(=O)c2ccc(S(=O)(=O)N4CCCC(C(=O)OCC)C4)cc2C3=O)C1. The lowest BCUT2D eigenvalue weighted by atomic mass is 9.84. The van der Waals surface area contributed by atoms with Crippen LogP contribution in [0.25, 0.3) is 0 Å². The molecule has 3 aliphatic rings. The minimum atomic E-state index is -4.10. The zero-order valence-electron chi connectivity index (χ0n) is 24.5. The highest BCUT2D eigenvalue weighted by atomic mass is 32.2. The predicted octanol–water partition coefficient (Wildman–Crippen LogP) is 2.39. The summed E-state index contributed by atoms with van der Waals surface area (Å²) < 4.78 is 66.6. The fourth-order valence-electron chi connectivity index (χ4n) is 5.95. The summed E-state index contributed by atoms with van der Waals surface area (Å²) in [4.78, 5) is 51.2. The number of hydrogen-bond donors (Lipinski definition) is 0. The molecule has 14 heteroatoms. The van der Waals surface area contributed by atoms with Gasteiger partial charge in [-0.1, -0.05) is 0 Å². The highest BCUT2D eigenvalue weighted by molar-refractivity contribution is 7.89. The van der Waals surface area contributed by atoms with Gasteiger partial charge in [0, 0.05) is 48.4 Å². The number of rotatable bonds is 8. The van der Waals surface area contributed by atoms with E-state index in [9.17, 15) is 36.0 Å². The smallest absolute Gasteiger partial charge is 0.310 e. The van der Waals surface area contributed by atoms with Crippen LogP contribution in [0, 0.1) is 11.8 Å². The van der Waals surface area contributed by atoms with Gasteiger partial charge >= 0.3 is 11.9 Å². The van der Waals surface area contributed by atoms with Crippen LogP contribution < -0.4 is 0 Å². The summed E-state index contributed by atoms with van der Waals surface area (Å²) in [6.07, 6.45) is 1.93. The third-order valence-corrected chi connectivity index (χ3v) is 12.0. The molecule has 0 spiro atoms. The third kappa shape index (κ3) is 5.83. The van der Waals surface area contributed by atoms with Crippen molar-refractivity contribution < 1.29 is 45.5 Å². The number of piperidine rings is 2. The first-order chi connectivity index (χ1) is 20.9. The maximum Gasteiger partial charge on any atom is 0.310 e. The van der Waals surface area contributed by atoms with Crippen LogP contribution >= 0.6 is 0 Å². The van der Waals surface area contributed by atoms with Crippen molar-refractivity contribution in [2.24, 2.45) is 11.8 Å². The molecule has 2 saturated heterocycles. The standard InChI is InChI=1S/C30H34N2O10S2/c1-3-41-29(35)19-7-5-13-31(17-19)43(37,38)21-9-11-23-25(15-21)27(33)24-12-10-22(16-26(24)28(23)34)44(39,40)32-14-6-8-20(18-32)30(36)42-4-2/h9-12,15-16,19-20H,3-8,13-14,17-18H2,1-2H3. The van der Waals surface area contributed by atoms with Gasteiger partial charge in [-0.3, -0.25) is 19.2 Å². The molecule has 2 aromatic carbocycles. The Labute approximate surface area is 256 Å². The lowest BCUT2D eigenvalue weighted by Gasteiger charge is -2.31. The van der Waals surface area contributed by atoms with Gasteiger partial charge in [0.15, 0.2) is 11.6 Å². The molecule has 0 amide bonds. The maximum absolute atomic E-state index is 13.5. The number of hydrogen-bond acceptors (Lipinski definition) is 10. The molecule has 0 aromatic heterocycles. The normalized spacial score (nSPS) is 21.3. The topological polar surface area (TPSA) is 161 Å². The van der Waals surface area contributed by atoms with Crippen LogP contribution in [0.15, 0.2) is 46.2 Å². The Morgan fingerprint density at radius 2 is 1.07 bits per heavy atom. The molecule has 0 bridgehead atoms. The Kier molecular flexibility index (Phi) is 9.08. The van der Waals surface area contributed by atoms with Crippen molar-refractivity contribution in [3.63, 3.8) is 0 Å². The van der Waals surface area contributed by atoms with Gasteiger partial charge in [0.25, 0.3) is 0 Å². The van der Waals surface area contributed by atoms with Crippen molar-refractivity contribution in [1.82, 2.24) is 8.61 Å². The molecule has 2 aliphatic heterocycles. The number of ether oxygens (including phenoxy) is 2. The Morgan fingerprint density at radius 1 is 0.682 bits per heavy atom. The van der Waals surface area contributed by atoms with Crippen molar-refractivity contribution >= 4 is 43.6 Å². The molecule has 236 valence electrons. The van der Waals surface area contributed by atoms with Crippen molar-refractivity contribution in [1.29, 1.82) is 0 Å². The first kappa shape index (κ1) is 31.9. The van der Waals surface area contributed by atoms with Crippen molar-refractivity contribution in [2.75, 3.05) is 39.4 Å². The third-order valence-electron chi connectivity index (χ3n) is 8.24. The Bertz CT molecular complexity index is 1610. The van der Waals surface area contributed by atoms with Gasteiger partial charge in [-0.05, 0) is 75.9 Å². The summed E-state index contributed by atoms with van der Waals surface area (Å²) in [6, 6.07) is 7.32. The van der Waals surface area contributed by atoms with E-state index < -0.39 is 55.4 Å². The Balaban J connectivity index is 1.41. The lowest BCUT2D eigenvalue weighted by Crippen LogP contribution is -2.43. The average Bonchev–Trinajstić information content (AvgIpc) is 3.03. The highest BCUT2D eigenvalue weighted by Crippen LogP contribution is 2.33. The second-order valence-electron chi connectivity index (χ2n) is 11.0. The molecule has 44 heavy (non-hydrogen) atoms. The van der Waals surface area contributed by atoms with Crippen LogP contribution in [-0.4, -0.2) is 88.3 Å². The van der Waals surface area contributed by atoms with Crippen LogP contribution in [-0.2, 0) is 39.1 Å². The second kappa shape index (κ2) is 12.5. The summed E-state index contributed by atoms with van der Waals surface area (Å²) >= 11 is 0. The maximum atomic E-state index is 13.5. The molecular formula is C30H34N2O10S2. The zero-order valence-corrected chi connectivity index (χ0v) is 26.1. The van der Waals surface area contributed by atoms with E-state index >= 15 is 0 Å². The molecule has 0 saturated carbocycles. The van der Waals surface area contributed by atoms with Gasteiger partial charge in [0.05, 0.1) is 34.8 Å². The molecule has 12 nitrogen and oxygen atoms in total. The van der Waals surface area contributed by atoms with Crippen LogP contribution in [0.3, 0.4) is 0 Å². The molecule has 2 unspecified atom stereocenters. The minimum Gasteiger partial charge on any atom is -0.466 e. The van der Waals surface area contributed by atoms with Crippen molar-refractivity contribution in [2.45, 2.75) is 49.3 Å². The summed E-state index contributed by atoms with van der Waals surface area (Å²) in [7, 11) is -8.21. The van der Waals surface area contributed by atoms with E-state index in [2.05, 4.69) is 0 Å². The summed E-state index contributed by atoms with van der Waals surface area (Å²) in [6.45, 7) is 4.01. The van der Waals surface area contributed by atoms with E-state index in [0.717, 1.165) is 12.1 Å². The fraction of sp³-hybridized carbons (Fsp3) is 0.467. The largest absolute Gasteiger partial charge is 0.466 e. The summed E-state index contributed by atoms with van der Waals surface area (Å²) in [5.41, 5.74) is -0.295. The van der Waals surface area contributed by atoms with Crippen LogP contribution in [0.1, 0.15) is 71.4 Å².